The van der Waals surface area contributed by atoms with Gasteiger partial charge in [-0.2, -0.15) is 0 Å². The van der Waals surface area contributed by atoms with Crippen molar-refractivity contribution in [1.29, 1.82) is 0 Å². The van der Waals surface area contributed by atoms with Gasteiger partial charge >= 0.3 is 5.97 Å². The first-order chi connectivity index (χ1) is 5.61. The van der Waals surface area contributed by atoms with Crippen molar-refractivity contribution in [2.24, 2.45) is 0 Å². The average Bonchev–Trinajstić information content (AvgIpc) is 2.33. The maximum absolute atomic E-state index is 10.6. The van der Waals surface area contributed by atoms with Gasteiger partial charge in [0.25, 0.3) is 0 Å². The number of aromatic carboxylic acids is 1. The summed E-state index contributed by atoms with van der Waals surface area (Å²) in [6, 6.07) is 0.226. The highest BCUT2D eigenvalue weighted by Crippen LogP contribution is 2.20. The predicted octanol–water partition coefficient (Wildman–Crippen LogP) is 1.66. The van der Waals surface area contributed by atoms with Gasteiger partial charge in [0.1, 0.15) is 5.00 Å². The first kappa shape index (κ1) is 8.99. The van der Waals surface area contributed by atoms with Crippen molar-refractivity contribution in [2.75, 3.05) is 5.32 Å². The van der Waals surface area contributed by atoms with Gasteiger partial charge in [0.15, 0.2) is 5.69 Å². The SMILES string of the molecule is CC(C)Nc1scnc1C(=O)O. The van der Waals surface area contributed by atoms with Crippen LogP contribution in [0.4, 0.5) is 5.00 Å². The fourth-order valence-corrected chi connectivity index (χ4v) is 1.58. The van der Waals surface area contributed by atoms with Crippen LogP contribution in [0.25, 0.3) is 0 Å². The van der Waals surface area contributed by atoms with E-state index in [0.29, 0.717) is 5.00 Å². The quantitative estimate of drug-likeness (QED) is 0.753. The predicted molar refractivity (Wildman–Crippen MR) is 47.8 cm³/mol. The molecule has 66 valence electrons. The van der Waals surface area contributed by atoms with E-state index in [1.54, 1.807) is 0 Å². The molecule has 4 nitrogen and oxygen atoms in total. The number of carboxylic acid groups (broad SMARTS) is 1. The van der Waals surface area contributed by atoms with E-state index in [4.69, 9.17) is 5.11 Å². The number of anilines is 1. The first-order valence-corrected chi connectivity index (χ1v) is 4.42. The maximum atomic E-state index is 10.6. The highest BCUT2D eigenvalue weighted by atomic mass is 32.1. The zero-order valence-electron chi connectivity index (χ0n) is 6.87. The third-order valence-electron chi connectivity index (χ3n) is 1.19. The Labute approximate surface area is 74.3 Å². The van der Waals surface area contributed by atoms with Crippen molar-refractivity contribution in [3.05, 3.63) is 11.2 Å². The van der Waals surface area contributed by atoms with Gasteiger partial charge in [0, 0.05) is 6.04 Å². The zero-order chi connectivity index (χ0) is 9.14. The van der Waals surface area contributed by atoms with Gasteiger partial charge < -0.3 is 10.4 Å². The van der Waals surface area contributed by atoms with Crippen LogP contribution in [0.1, 0.15) is 24.3 Å². The van der Waals surface area contributed by atoms with Crippen LogP contribution in [-0.2, 0) is 0 Å². The largest absolute Gasteiger partial charge is 0.476 e. The van der Waals surface area contributed by atoms with Gasteiger partial charge in [-0.3, -0.25) is 0 Å². The molecule has 0 aliphatic rings. The molecule has 0 aromatic carbocycles. The molecule has 1 aromatic heterocycles. The monoisotopic (exact) mass is 186 g/mol. The van der Waals surface area contributed by atoms with Crippen molar-refractivity contribution >= 4 is 22.3 Å². The Balaban J connectivity index is 2.84. The number of hydrogen-bond donors (Lipinski definition) is 2. The molecule has 0 aliphatic heterocycles. The summed E-state index contributed by atoms with van der Waals surface area (Å²) < 4.78 is 0. The first-order valence-electron chi connectivity index (χ1n) is 3.54. The van der Waals surface area contributed by atoms with E-state index in [-0.39, 0.29) is 11.7 Å². The summed E-state index contributed by atoms with van der Waals surface area (Å²) in [6.07, 6.45) is 0. The van der Waals surface area contributed by atoms with E-state index in [2.05, 4.69) is 10.3 Å². The molecule has 0 bridgehead atoms. The number of carbonyl (C=O) groups is 1. The van der Waals surface area contributed by atoms with Crippen molar-refractivity contribution in [3.63, 3.8) is 0 Å². The van der Waals surface area contributed by atoms with Gasteiger partial charge in [-0.25, -0.2) is 9.78 Å². The molecule has 0 unspecified atom stereocenters. The Morgan fingerprint density at radius 2 is 2.42 bits per heavy atom. The molecule has 12 heavy (non-hydrogen) atoms. The molecule has 0 amide bonds. The van der Waals surface area contributed by atoms with Crippen LogP contribution in [0.5, 0.6) is 0 Å². The fourth-order valence-electron chi connectivity index (χ4n) is 0.763. The second-order valence-corrected chi connectivity index (χ2v) is 3.49. The molecule has 0 fully saturated rings. The molecule has 0 atom stereocenters. The van der Waals surface area contributed by atoms with Gasteiger partial charge in [-0.05, 0) is 13.8 Å². The Hall–Kier alpha value is -1.10. The molecule has 1 rings (SSSR count). The third-order valence-corrected chi connectivity index (χ3v) is 1.95. The van der Waals surface area contributed by atoms with Gasteiger partial charge in [-0.1, -0.05) is 0 Å². The van der Waals surface area contributed by atoms with E-state index in [1.807, 2.05) is 13.8 Å². The van der Waals surface area contributed by atoms with E-state index < -0.39 is 5.97 Å². The van der Waals surface area contributed by atoms with E-state index in [1.165, 1.54) is 16.8 Å². The van der Waals surface area contributed by atoms with E-state index in [9.17, 15) is 4.79 Å². The van der Waals surface area contributed by atoms with Crippen LogP contribution in [0, 0.1) is 0 Å². The summed E-state index contributed by atoms with van der Waals surface area (Å²) in [4.78, 5) is 14.3. The minimum atomic E-state index is -0.987. The number of rotatable bonds is 3. The molecule has 0 saturated carbocycles. The Morgan fingerprint density at radius 1 is 1.75 bits per heavy atom. The smallest absolute Gasteiger partial charge is 0.357 e. The normalized spacial score (nSPS) is 10.2. The fraction of sp³-hybridized carbons (Fsp3) is 0.429. The summed E-state index contributed by atoms with van der Waals surface area (Å²) in [5.74, 6) is -0.987. The Kier molecular flexibility index (Phi) is 2.65. The molecule has 1 heterocycles. The molecular formula is C7H10N2O2S. The van der Waals surface area contributed by atoms with Crippen LogP contribution < -0.4 is 5.32 Å². The van der Waals surface area contributed by atoms with Crippen LogP contribution in [0.2, 0.25) is 0 Å². The summed E-state index contributed by atoms with van der Waals surface area (Å²) in [5.41, 5.74) is 1.63. The van der Waals surface area contributed by atoms with Crippen LogP contribution >= 0.6 is 11.3 Å². The average molecular weight is 186 g/mol. The van der Waals surface area contributed by atoms with Crippen molar-refractivity contribution in [1.82, 2.24) is 4.98 Å². The number of nitrogens with zero attached hydrogens (tertiary/aromatic N) is 1. The standard InChI is InChI=1S/C7H10N2O2S/c1-4(2)9-6-5(7(10)11)8-3-12-6/h3-4,9H,1-2H3,(H,10,11). The number of hydrogen-bond acceptors (Lipinski definition) is 4. The molecule has 0 saturated heterocycles. The molecule has 0 aliphatic carbocycles. The third kappa shape index (κ3) is 1.94. The van der Waals surface area contributed by atoms with E-state index >= 15 is 0 Å². The molecule has 0 spiro atoms. The maximum Gasteiger partial charge on any atom is 0.357 e. The molecule has 2 N–H and O–H groups in total. The second-order valence-electron chi connectivity index (χ2n) is 2.63. The second kappa shape index (κ2) is 3.53. The molecular weight excluding hydrogens is 176 g/mol. The van der Waals surface area contributed by atoms with Crippen LogP contribution in [0.3, 0.4) is 0 Å². The summed E-state index contributed by atoms with van der Waals surface area (Å²) >= 11 is 1.30. The summed E-state index contributed by atoms with van der Waals surface area (Å²) in [7, 11) is 0. The number of nitrogens with one attached hydrogen (secondary N) is 1. The minimum absolute atomic E-state index is 0.105. The number of carboxylic acids is 1. The summed E-state index contributed by atoms with van der Waals surface area (Å²) in [6.45, 7) is 3.90. The minimum Gasteiger partial charge on any atom is -0.476 e. The lowest BCUT2D eigenvalue weighted by molar-refractivity contribution is 0.0692. The lowest BCUT2D eigenvalue weighted by Crippen LogP contribution is -2.11. The highest BCUT2D eigenvalue weighted by molar-refractivity contribution is 7.14. The van der Waals surface area contributed by atoms with Crippen LogP contribution in [0.15, 0.2) is 5.51 Å². The van der Waals surface area contributed by atoms with Gasteiger partial charge in [0.2, 0.25) is 0 Å². The van der Waals surface area contributed by atoms with Crippen molar-refractivity contribution in [2.45, 2.75) is 19.9 Å². The lowest BCUT2D eigenvalue weighted by atomic mass is 10.4. The zero-order valence-corrected chi connectivity index (χ0v) is 7.68. The van der Waals surface area contributed by atoms with Gasteiger partial charge in [0.05, 0.1) is 5.51 Å². The van der Waals surface area contributed by atoms with Gasteiger partial charge in [-0.15, -0.1) is 11.3 Å². The Bertz CT molecular complexity index is 283. The lowest BCUT2D eigenvalue weighted by Gasteiger charge is -2.06. The molecule has 0 radical (unpaired) electrons. The topological polar surface area (TPSA) is 62.2 Å². The van der Waals surface area contributed by atoms with Crippen LogP contribution in [-0.4, -0.2) is 22.1 Å². The number of aromatic nitrogens is 1. The number of thiazole rings is 1. The van der Waals surface area contributed by atoms with Crippen molar-refractivity contribution in [3.8, 4) is 0 Å². The molecule has 1 aromatic rings. The Morgan fingerprint density at radius 3 is 2.92 bits per heavy atom. The molecule has 5 heteroatoms. The van der Waals surface area contributed by atoms with Crippen molar-refractivity contribution < 1.29 is 9.90 Å². The summed E-state index contributed by atoms with van der Waals surface area (Å²) in [5, 5.41) is 12.3. The highest BCUT2D eigenvalue weighted by Gasteiger charge is 2.13. The van der Waals surface area contributed by atoms with E-state index in [0.717, 1.165) is 0 Å².